The van der Waals surface area contributed by atoms with E-state index in [0.29, 0.717) is 17.8 Å². The Hall–Kier alpha value is -2.40. The predicted molar refractivity (Wildman–Crippen MR) is 86.8 cm³/mol. The summed E-state index contributed by atoms with van der Waals surface area (Å²) < 4.78 is 13.2. The topological polar surface area (TPSA) is 52.6 Å². The second kappa shape index (κ2) is 6.38. The number of carbonyl (C=O) groups is 1. The van der Waals surface area contributed by atoms with Crippen molar-refractivity contribution < 1.29 is 14.3 Å². The molecule has 1 heterocycles. The molecule has 1 unspecified atom stereocenters. The van der Waals surface area contributed by atoms with E-state index in [1.54, 1.807) is 17.9 Å². The lowest BCUT2D eigenvalue weighted by Crippen LogP contribution is -2.43. The predicted octanol–water partition coefficient (Wildman–Crippen LogP) is 3.26. The molecule has 23 heavy (non-hydrogen) atoms. The molecule has 0 saturated heterocycles. The van der Waals surface area contributed by atoms with Gasteiger partial charge < -0.3 is 15.3 Å². The van der Waals surface area contributed by atoms with E-state index in [9.17, 15) is 14.3 Å². The average Bonchev–Trinajstić information content (AvgIpc) is 2.56. The lowest BCUT2D eigenvalue weighted by Gasteiger charge is -2.36. The number of nitrogens with zero attached hydrogens (tertiary/aromatic N) is 1. The van der Waals surface area contributed by atoms with Crippen LogP contribution in [0.1, 0.15) is 22.7 Å². The van der Waals surface area contributed by atoms with E-state index in [1.165, 1.54) is 12.1 Å². The van der Waals surface area contributed by atoms with E-state index in [2.05, 4.69) is 5.32 Å². The van der Waals surface area contributed by atoms with Crippen molar-refractivity contribution in [3.8, 4) is 0 Å². The quantitative estimate of drug-likeness (QED) is 0.894. The number of aliphatic hydroxyl groups excluding tert-OH is 1. The zero-order valence-corrected chi connectivity index (χ0v) is 12.9. The van der Waals surface area contributed by atoms with Gasteiger partial charge >= 0.3 is 6.03 Å². The van der Waals surface area contributed by atoms with Crippen molar-refractivity contribution in [2.45, 2.75) is 19.4 Å². The first kappa shape index (κ1) is 15.5. The van der Waals surface area contributed by atoms with Crippen LogP contribution in [-0.2, 0) is 6.42 Å². The average molecular weight is 314 g/mol. The first-order valence-electron chi connectivity index (χ1n) is 7.62. The number of rotatable bonds is 2. The summed E-state index contributed by atoms with van der Waals surface area (Å²) in [6.07, 6.45) is 0.752. The molecule has 0 aliphatic carbocycles. The van der Waals surface area contributed by atoms with E-state index in [-0.39, 0.29) is 24.5 Å². The Kier molecular flexibility index (Phi) is 4.30. The van der Waals surface area contributed by atoms with Gasteiger partial charge in [0.05, 0.1) is 12.6 Å². The minimum atomic E-state index is -0.360. The summed E-state index contributed by atoms with van der Waals surface area (Å²) in [7, 11) is 0. The number of anilines is 1. The fraction of sp³-hybridized carbons (Fsp3) is 0.278. The Morgan fingerprint density at radius 1 is 1.35 bits per heavy atom. The Balaban J connectivity index is 1.82. The first-order chi connectivity index (χ1) is 11.1. The number of benzene rings is 2. The zero-order chi connectivity index (χ0) is 16.4. The highest BCUT2D eigenvalue weighted by Gasteiger charge is 2.30. The normalized spacial score (nSPS) is 16.8. The number of urea groups is 1. The van der Waals surface area contributed by atoms with E-state index in [1.807, 2.05) is 24.3 Å². The van der Waals surface area contributed by atoms with Gasteiger partial charge in [0.1, 0.15) is 5.82 Å². The molecule has 1 atom stereocenters. The number of halogens is 1. The highest BCUT2D eigenvalue weighted by molar-refractivity contribution is 5.90. The van der Waals surface area contributed by atoms with Crippen molar-refractivity contribution in [2.75, 3.05) is 18.5 Å². The van der Waals surface area contributed by atoms with Crippen molar-refractivity contribution in [3.63, 3.8) is 0 Å². The third-order valence-corrected chi connectivity index (χ3v) is 4.28. The summed E-state index contributed by atoms with van der Waals surface area (Å²) in [6.45, 7) is 2.15. The van der Waals surface area contributed by atoms with Crippen LogP contribution in [0.2, 0.25) is 0 Å². The number of carbonyl (C=O) groups excluding carboxylic acids is 1. The second-order valence-electron chi connectivity index (χ2n) is 5.73. The third kappa shape index (κ3) is 3.05. The van der Waals surface area contributed by atoms with Gasteiger partial charge in [0, 0.05) is 12.2 Å². The number of hydrogen-bond donors (Lipinski definition) is 2. The van der Waals surface area contributed by atoms with Gasteiger partial charge in [-0.25, -0.2) is 9.18 Å². The number of fused-ring (bicyclic) bond motifs is 1. The molecule has 1 aliphatic rings. The van der Waals surface area contributed by atoms with Crippen LogP contribution in [0.5, 0.6) is 0 Å². The molecule has 0 spiro atoms. The second-order valence-corrected chi connectivity index (χ2v) is 5.73. The van der Waals surface area contributed by atoms with Gasteiger partial charge in [0.2, 0.25) is 0 Å². The maximum Gasteiger partial charge on any atom is 0.322 e. The number of hydrogen-bond acceptors (Lipinski definition) is 2. The van der Waals surface area contributed by atoms with Gasteiger partial charge in [-0.15, -0.1) is 0 Å². The third-order valence-electron chi connectivity index (χ3n) is 4.28. The van der Waals surface area contributed by atoms with Crippen LogP contribution in [0.15, 0.2) is 42.5 Å². The molecule has 0 fully saturated rings. The molecule has 0 aromatic heterocycles. The van der Waals surface area contributed by atoms with Gasteiger partial charge in [-0.2, -0.15) is 0 Å². The summed E-state index contributed by atoms with van der Waals surface area (Å²) in [6, 6.07) is 11.4. The van der Waals surface area contributed by atoms with E-state index >= 15 is 0 Å². The van der Waals surface area contributed by atoms with Crippen molar-refractivity contribution in [1.29, 1.82) is 0 Å². The summed E-state index contributed by atoms with van der Waals surface area (Å²) in [5, 5.41) is 12.6. The molecule has 0 saturated carbocycles. The molecule has 5 heteroatoms. The minimum absolute atomic E-state index is 0.132. The van der Waals surface area contributed by atoms with E-state index < -0.39 is 0 Å². The Morgan fingerprint density at radius 2 is 2.13 bits per heavy atom. The number of aryl methyl sites for hydroxylation is 1. The minimum Gasteiger partial charge on any atom is -0.394 e. The lowest BCUT2D eigenvalue weighted by atomic mass is 9.93. The van der Waals surface area contributed by atoms with Crippen LogP contribution in [0.25, 0.3) is 0 Å². The highest BCUT2D eigenvalue weighted by Crippen LogP contribution is 2.30. The van der Waals surface area contributed by atoms with E-state index in [0.717, 1.165) is 17.5 Å². The fourth-order valence-corrected chi connectivity index (χ4v) is 3.05. The van der Waals surface area contributed by atoms with Gasteiger partial charge in [-0.3, -0.25) is 0 Å². The Labute approximate surface area is 134 Å². The summed E-state index contributed by atoms with van der Waals surface area (Å²) in [4.78, 5) is 14.2. The maximum absolute atomic E-state index is 13.2. The van der Waals surface area contributed by atoms with Crippen LogP contribution < -0.4 is 5.32 Å². The van der Waals surface area contributed by atoms with Gasteiger partial charge in [0.25, 0.3) is 0 Å². The van der Waals surface area contributed by atoms with Gasteiger partial charge in [-0.05, 0) is 48.2 Å². The first-order valence-corrected chi connectivity index (χ1v) is 7.62. The van der Waals surface area contributed by atoms with Crippen molar-refractivity contribution in [2.24, 2.45) is 0 Å². The molecule has 2 aromatic carbocycles. The van der Waals surface area contributed by atoms with Crippen LogP contribution in [0.3, 0.4) is 0 Å². The molecule has 2 N–H and O–H groups in total. The molecule has 3 rings (SSSR count). The van der Waals surface area contributed by atoms with Crippen molar-refractivity contribution in [1.82, 2.24) is 4.90 Å². The summed E-state index contributed by atoms with van der Waals surface area (Å²) in [5.74, 6) is -0.333. The Morgan fingerprint density at radius 3 is 2.87 bits per heavy atom. The standard InChI is InChI=1S/C18H19FN2O2/c1-12-10-14(19)6-7-16(12)20-18(23)21-9-8-13-4-2-3-5-15(13)17(21)11-22/h2-7,10,17,22H,8-9,11H2,1H3,(H,20,23). The summed E-state index contributed by atoms with van der Waals surface area (Å²) >= 11 is 0. The summed E-state index contributed by atoms with van der Waals surface area (Å²) in [5.41, 5.74) is 3.38. The van der Waals surface area contributed by atoms with Crippen LogP contribution in [0, 0.1) is 12.7 Å². The number of nitrogens with one attached hydrogen (secondary N) is 1. The monoisotopic (exact) mass is 314 g/mol. The largest absolute Gasteiger partial charge is 0.394 e. The van der Waals surface area contributed by atoms with E-state index in [4.69, 9.17) is 0 Å². The molecule has 0 bridgehead atoms. The molecule has 2 amide bonds. The van der Waals surface area contributed by atoms with Crippen LogP contribution in [-0.4, -0.2) is 29.2 Å². The number of aliphatic hydroxyl groups is 1. The lowest BCUT2D eigenvalue weighted by molar-refractivity contribution is 0.135. The van der Waals surface area contributed by atoms with Gasteiger partial charge in [0.15, 0.2) is 0 Å². The molecular formula is C18H19FN2O2. The van der Waals surface area contributed by atoms with Gasteiger partial charge in [-0.1, -0.05) is 24.3 Å². The van der Waals surface area contributed by atoms with Crippen LogP contribution >= 0.6 is 0 Å². The molecule has 4 nitrogen and oxygen atoms in total. The highest BCUT2D eigenvalue weighted by atomic mass is 19.1. The molecule has 0 radical (unpaired) electrons. The molecular weight excluding hydrogens is 295 g/mol. The Bertz CT molecular complexity index is 733. The number of amides is 2. The molecule has 120 valence electrons. The van der Waals surface area contributed by atoms with Crippen LogP contribution in [0.4, 0.5) is 14.9 Å². The van der Waals surface area contributed by atoms with Crippen molar-refractivity contribution in [3.05, 3.63) is 65.0 Å². The maximum atomic E-state index is 13.2. The molecule has 2 aromatic rings. The van der Waals surface area contributed by atoms with Crippen molar-refractivity contribution >= 4 is 11.7 Å². The zero-order valence-electron chi connectivity index (χ0n) is 12.9. The fourth-order valence-electron chi connectivity index (χ4n) is 3.05. The SMILES string of the molecule is Cc1cc(F)ccc1NC(=O)N1CCc2ccccc2C1CO. The molecule has 1 aliphatic heterocycles. The smallest absolute Gasteiger partial charge is 0.322 e.